The van der Waals surface area contributed by atoms with E-state index >= 15 is 0 Å². The maximum Gasteiger partial charge on any atom is 0.0882 e. The van der Waals surface area contributed by atoms with Gasteiger partial charge >= 0.3 is 0 Å². The molecule has 2 N–H and O–H groups in total. The van der Waals surface area contributed by atoms with Crippen molar-refractivity contribution in [3.63, 3.8) is 0 Å². The van der Waals surface area contributed by atoms with E-state index in [2.05, 4.69) is 0 Å². The Hall–Kier alpha value is -0.120. The maximum atomic E-state index is 9.15. The molecule has 0 aliphatic heterocycles. The highest BCUT2D eigenvalue weighted by molar-refractivity contribution is 4.92. The van der Waals surface area contributed by atoms with Crippen LogP contribution in [0.15, 0.2) is 0 Å². The Bertz CT molecular complexity index is 88.3. The fourth-order valence-electron chi connectivity index (χ4n) is 0.615. The second-order valence-electron chi connectivity index (χ2n) is 2.50. The fourth-order valence-corrected chi connectivity index (χ4v) is 0.615. The third-order valence-electron chi connectivity index (χ3n) is 1.43. The zero-order valence-electron chi connectivity index (χ0n) is 5.34. The van der Waals surface area contributed by atoms with Gasteiger partial charge < -0.3 is 14.9 Å². The van der Waals surface area contributed by atoms with Crippen LogP contribution in [0, 0.1) is 0 Å². The van der Waals surface area contributed by atoms with E-state index in [-0.39, 0.29) is 6.61 Å². The number of rotatable bonds is 4. The molecule has 1 aliphatic carbocycles. The molecule has 0 radical (unpaired) electrons. The minimum absolute atomic E-state index is 0.0378. The van der Waals surface area contributed by atoms with Gasteiger partial charge in [0.2, 0.25) is 0 Å². The van der Waals surface area contributed by atoms with E-state index in [9.17, 15) is 0 Å². The number of aliphatic hydroxyl groups excluding tert-OH is 1. The second kappa shape index (κ2) is 2.64. The molecule has 0 atom stereocenters. The lowest BCUT2D eigenvalue weighted by atomic mass is 10.4. The van der Waals surface area contributed by atoms with Crippen molar-refractivity contribution in [3.05, 3.63) is 0 Å². The largest absolute Gasteiger partial charge is 0.394 e. The van der Waals surface area contributed by atoms with Crippen molar-refractivity contribution < 1.29 is 14.9 Å². The lowest BCUT2D eigenvalue weighted by Gasteiger charge is -2.05. The predicted molar refractivity (Wildman–Crippen MR) is 32.1 cm³/mol. The van der Waals surface area contributed by atoms with Gasteiger partial charge in [-0.1, -0.05) is 0 Å². The molecule has 0 spiro atoms. The Morgan fingerprint density at radius 2 is 2.11 bits per heavy atom. The summed E-state index contributed by atoms with van der Waals surface area (Å²) in [6.45, 7) is 0.756. The third kappa shape index (κ3) is 2.30. The van der Waals surface area contributed by atoms with Gasteiger partial charge in [-0.2, -0.15) is 0 Å². The normalized spacial score (nSPS) is 22.0. The molecule has 9 heavy (non-hydrogen) atoms. The molecule has 1 fully saturated rings. The SMILES string of the molecule is OCCOCC1(O)CC1. The van der Waals surface area contributed by atoms with Crippen LogP contribution in [0.5, 0.6) is 0 Å². The Morgan fingerprint density at radius 3 is 2.56 bits per heavy atom. The van der Waals surface area contributed by atoms with E-state index < -0.39 is 5.60 Å². The number of hydrogen-bond acceptors (Lipinski definition) is 3. The van der Waals surface area contributed by atoms with Crippen LogP contribution in [0.1, 0.15) is 12.8 Å². The Labute approximate surface area is 54.3 Å². The zero-order valence-corrected chi connectivity index (χ0v) is 5.34. The van der Waals surface area contributed by atoms with Crippen molar-refractivity contribution in [3.8, 4) is 0 Å². The van der Waals surface area contributed by atoms with Gasteiger partial charge in [0.25, 0.3) is 0 Å². The monoisotopic (exact) mass is 132 g/mol. The molecule has 1 rings (SSSR count). The second-order valence-corrected chi connectivity index (χ2v) is 2.50. The van der Waals surface area contributed by atoms with Crippen molar-refractivity contribution in [2.75, 3.05) is 19.8 Å². The summed E-state index contributed by atoms with van der Waals surface area (Å²) in [6, 6.07) is 0. The average Bonchev–Trinajstić information content (AvgIpc) is 2.50. The number of hydrogen-bond donors (Lipinski definition) is 2. The van der Waals surface area contributed by atoms with Gasteiger partial charge in [0.15, 0.2) is 0 Å². The van der Waals surface area contributed by atoms with Crippen LogP contribution in [0.3, 0.4) is 0 Å². The Kier molecular flexibility index (Phi) is 2.05. The molecule has 1 aliphatic rings. The van der Waals surface area contributed by atoms with Crippen LogP contribution < -0.4 is 0 Å². The summed E-state index contributed by atoms with van der Waals surface area (Å²) in [5, 5.41) is 17.4. The third-order valence-corrected chi connectivity index (χ3v) is 1.43. The summed E-state index contributed by atoms with van der Waals surface area (Å²) in [7, 11) is 0. The van der Waals surface area contributed by atoms with Gasteiger partial charge in [-0.15, -0.1) is 0 Å². The molecule has 0 unspecified atom stereocenters. The minimum atomic E-state index is -0.533. The number of aliphatic hydroxyl groups is 2. The molecule has 54 valence electrons. The highest BCUT2D eigenvalue weighted by Gasteiger charge is 2.40. The summed E-state index contributed by atoms with van der Waals surface area (Å²) in [6.07, 6.45) is 1.69. The summed E-state index contributed by atoms with van der Waals surface area (Å²) in [4.78, 5) is 0. The average molecular weight is 132 g/mol. The van der Waals surface area contributed by atoms with E-state index in [1.54, 1.807) is 0 Å². The molecular formula is C6H12O3. The molecule has 0 amide bonds. The van der Waals surface area contributed by atoms with Crippen molar-refractivity contribution in [2.45, 2.75) is 18.4 Å². The Morgan fingerprint density at radius 1 is 1.44 bits per heavy atom. The minimum Gasteiger partial charge on any atom is -0.394 e. The smallest absolute Gasteiger partial charge is 0.0882 e. The summed E-state index contributed by atoms with van der Waals surface area (Å²) < 4.78 is 4.91. The molecular weight excluding hydrogens is 120 g/mol. The molecule has 0 bridgehead atoms. The van der Waals surface area contributed by atoms with Gasteiger partial charge in [-0.25, -0.2) is 0 Å². The molecule has 3 nitrogen and oxygen atoms in total. The first kappa shape index (κ1) is 6.99. The van der Waals surface area contributed by atoms with Crippen molar-refractivity contribution >= 4 is 0 Å². The van der Waals surface area contributed by atoms with Crippen LogP contribution in [-0.2, 0) is 4.74 Å². The van der Waals surface area contributed by atoms with Crippen LogP contribution >= 0.6 is 0 Å². The standard InChI is InChI=1S/C6H12O3/c7-3-4-9-5-6(8)1-2-6/h7-8H,1-5H2. The first-order valence-electron chi connectivity index (χ1n) is 3.18. The summed E-state index contributed by atoms with van der Waals surface area (Å²) in [5.74, 6) is 0. The van der Waals surface area contributed by atoms with E-state index in [0.29, 0.717) is 13.2 Å². The topological polar surface area (TPSA) is 49.7 Å². The van der Waals surface area contributed by atoms with Crippen LogP contribution in [0.2, 0.25) is 0 Å². The highest BCUT2D eigenvalue weighted by atomic mass is 16.5. The van der Waals surface area contributed by atoms with Gasteiger partial charge in [0, 0.05) is 0 Å². The van der Waals surface area contributed by atoms with Gasteiger partial charge in [0.1, 0.15) is 0 Å². The quantitative estimate of drug-likeness (QED) is 0.508. The summed E-state index contributed by atoms with van der Waals surface area (Å²) >= 11 is 0. The van der Waals surface area contributed by atoms with Crippen molar-refractivity contribution in [1.29, 1.82) is 0 Å². The predicted octanol–water partition coefficient (Wildman–Crippen LogP) is -0.480. The first-order chi connectivity index (χ1) is 4.27. The molecule has 1 saturated carbocycles. The van der Waals surface area contributed by atoms with E-state index in [4.69, 9.17) is 14.9 Å². The van der Waals surface area contributed by atoms with Gasteiger partial charge in [-0.3, -0.25) is 0 Å². The van der Waals surface area contributed by atoms with E-state index in [1.165, 1.54) is 0 Å². The van der Waals surface area contributed by atoms with Gasteiger partial charge in [-0.05, 0) is 12.8 Å². The van der Waals surface area contributed by atoms with Crippen molar-refractivity contribution in [2.24, 2.45) is 0 Å². The zero-order chi connectivity index (χ0) is 6.74. The molecule has 0 aromatic heterocycles. The lowest BCUT2D eigenvalue weighted by molar-refractivity contribution is 0.00772. The highest BCUT2D eigenvalue weighted by Crippen LogP contribution is 2.34. The van der Waals surface area contributed by atoms with Gasteiger partial charge in [0.05, 0.1) is 25.4 Å². The van der Waals surface area contributed by atoms with E-state index in [0.717, 1.165) is 12.8 Å². The first-order valence-corrected chi connectivity index (χ1v) is 3.18. The van der Waals surface area contributed by atoms with E-state index in [1.807, 2.05) is 0 Å². The van der Waals surface area contributed by atoms with Crippen LogP contribution in [-0.4, -0.2) is 35.6 Å². The summed E-state index contributed by atoms with van der Waals surface area (Å²) in [5.41, 5.74) is -0.533. The molecule has 0 aromatic carbocycles. The molecule has 0 saturated heterocycles. The molecule has 0 heterocycles. The van der Waals surface area contributed by atoms with Crippen molar-refractivity contribution in [1.82, 2.24) is 0 Å². The maximum absolute atomic E-state index is 9.15. The number of ether oxygens (including phenoxy) is 1. The Balaban J connectivity index is 1.92. The van der Waals surface area contributed by atoms with Crippen LogP contribution in [0.25, 0.3) is 0 Å². The fraction of sp³-hybridized carbons (Fsp3) is 1.00. The molecule has 3 heteroatoms. The molecule has 0 aromatic rings. The van der Waals surface area contributed by atoms with Crippen LogP contribution in [0.4, 0.5) is 0 Å². The lowest BCUT2D eigenvalue weighted by Crippen LogP contribution is -2.17.